The van der Waals surface area contributed by atoms with Crippen LogP contribution in [-0.4, -0.2) is 62.7 Å². The Bertz CT molecular complexity index is 589. The second-order valence-electron chi connectivity index (χ2n) is 6.31. The minimum absolute atomic E-state index is 0.272. The molecule has 0 saturated carbocycles. The molecule has 7 heteroatoms. The predicted octanol–water partition coefficient (Wildman–Crippen LogP) is 1.80. The lowest BCUT2D eigenvalue weighted by Crippen LogP contribution is -2.53. The molecule has 1 heterocycles. The number of nitrogens with one attached hydrogen (secondary N) is 1. The Balaban J connectivity index is 1.67. The number of nitrogens with zero attached hydrogens (tertiary/aromatic N) is 2. The first kappa shape index (κ1) is 20.2. The van der Waals surface area contributed by atoms with E-state index < -0.39 is 11.8 Å². The monoisotopic (exact) mass is 365 g/mol. The van der Waals surface area contributed by atoms with Gasteiger partial charge < -0.3 is 19.9 Å². The first-order valence-corrected chi connectivity index (χ1v) is 9.27. The molecule has 0 aromatic heterocycles. The number of carbonyl (C=O) groups excluding carboxylic acids is 2. The minimum atomic E-state index is -0.585. The fraction of sp³-hybridized carbons (Fsp3) is 0.579. The number of anilines is 1. The van der Waals surface area contributed by atoms with Gasteiger partial charge in [0.1, 0.15) is 5.82 Å². The van der Waals surface area contributed by atoms with Crippen LogP contribution in [-0.2, 0) is 14.3 Å². The van der Waals surface area contributed by atoms with E-state index in [0.29, 0.717) is 51.4 Å². The molecule has 1 aromatic rings. The van der Waals surface area contributed by atoms with Gasteiger partial charge in [-0.2, -0.15) is 0 Å². The van der Waals surface area contributed by atoms with Crippen LogP contribution < -0.4 is 10.2 Å². The highest BCUT2D eigenvalue weighted by Crippen LogP contribution is 2.20. The maximum atomic E-state index is 13.8. The number of benzene rings is 1. The molecule has 0 bridgehead atoms. The van der Waals surface area contributed by atoms with Gasteiger partial charge in [-0.15, -0.1) is 0 Å². The number of hydrogen-bond donors (Lipinski definition) is 1. The summed E-state index contributed by atoms with van der Waals surface area (Å²) in [6.07, 6.45) is 2.81. The van der Waals surface area contributed by atoms with E-state index in [4.69, 9.17) is 4.74 Å². The van der Waals surface area contributed by atoms with Crippen LogP contribution in [0.5, 0.6) is 0 Å². The highest BCUT2D eigenvalue weighted by atomic mass is 19.1. The molecule has 144 valence electrons. The van der Waals surface area contributed by atoms with E-state index in [1.807, 2.05) is 4.90 Å². The summed E-state index contributed by atoms with van der Waals surface area (Å²) in [6.45, 7) is 5.65. The standard InChI is InChI=1S/C19H28FN3O3/c1-2-3-14-26-15-6-9-21-18(24)19(25)23-12-10-22(11-13-23)17-8-5-4-7-16(17)20/h4-5,7-8H,2-3,6,9-15H2,1H3,(H,21,24). The van der Waals surface area contributed by atoms with Gasteiger partial charge in [0.2, 0.25) is 0 Å². The van der Waals surface area contributed by atoms with E-state index in [1.54, 1.807) is 18.2 Å². The molecule has 26 heavy (non-hydrogen) atoms. The van der Waals surface area contributed by atoms with Gasteiger partial charge in [0.25, 0.3) is 0 Å². The molecule has 0 unspecified atom stereocenters. The predicted molar refractivity (Wildman–Crippen MR) is 98.5 cm³/mol. The van der Waals surface area contributed by atoms with Crippen LogP contribution in [0.25, 0.3) is 0 Å². The van der Waals surface area contributed by atoms with Gasteiger partial charge in [-0.1, -0.05) is 25.5 Å². The minimum Gasteiger partial charge on any atom is -0.381 e. The van der Waals surface area contributed by atoms with Crippen molar-refractivity contribution in [2.45, 2.75) is 26.2 Å². The molecular formula is C19H28FN3O3. The van der Waals surface area contributed by atoms with Crippen molar-refractivity contribution in [3.63, 3.8) is 0 Å². The summed E-state index contributed by atoms with van der Waals surface area (Å²) in [7, 11) is 0. The number of rotatable bonds is 8. The number of unbranched alkanes of at least 4 members (excludes halogenated alkanes) is 1. The van der Waals surface area contributed by atoms with E-state index in [-0.39, 0.29) is 5.82 Å². The average Bonchev–Trinajstić information content (AvgIpc) is 2.67. The van der Waals surface area contributed by atoms with Crippen molar-refractivity contribution in [3.8, 4) is 0 Å². The third-order valence-electron chi connectivity index (χ3n) is 4.35. The zero-order valence-corrected chi connectivity index (χ0v) is 15.4. The van der Waals surface area contributed by atoms with E-state index in [0.717, 1.165) is 19.4 Å². The Kier molecular flexibility index (Phi) is 8.34. The SMILES string of the molecule is CCCCOCCCNC(=O)C(=O)N1CCN(c2ccccc2F)CC1. The number of ether oxygens (including phenoxy) is 1. The summed E-state index contributed by atoms with van der Waals surface area (Å²) in [5.41, 5.74) is 0.534. The smallest absolute Gasteiger partial charge is 0.312 e. The topological polar surface area (TPSA) is 61.9 Å². The molecule has 2 rings (SSSR count). The van der Waals surface area contributed by atoms with E-state index in [1.165, 1.54) is 11.0 Å². The van der Waals surface area contributed by atoms with E-state index >= 15 is 0 Å². The van der Waals surface area contributed by atoms with Crippen molar-refractivity contribution >= 4 is 17.5 Å². The van der Waals surface area contributed by atoms with Crippen LogP contribution in [0.2, 0.25) is 0 Å². The Morgan fingerprint density at radius 1 is 1.12 bits per heavy atom. The largest absolute Gasteiger partial charge is 0.381 e. The Hall–Kier alpha value is -2.15. The van der Waals surface area contributed by atoms with E-state index in [9.17, 15) is 14.0 Å². The van der Waals surface area contributed by atoms with Crippen molar-refractivity contribution in [2.24, 2.45) is 0 Å². The molecule has 0 spiro atoms. The summed E-state index contributed by atoms with van der Waals surface area (Å²) in [6, 6.07) is 6.58. The van der Waals surface area contributed by atoms with Crippen LogP contribution in [0.4, 0.5) is 10.1 Å². The molecular weight excluding hydrogens is 337 g/mol. The van der Waals surface area contributed by atoms with Gasteiger partial charge in [0.05, 0.1) is 5.69 Å². The van der Waals surface area contributed by atoms with Crippen LogP contribution in [0.3, 0.4) is 0 Å². The Morgan fingerprint density at radius 2 is 1.81 bits per heavy atom. The van der Waals surface area contributed by atoms with E-state index in [2.05, 4.69) is 12.2 Å². The third kappa shape index (κ3) is 5.98. The van der Waals surface area contributed by atoms with Crippen molar-refractivity contribution in [3.05, 3.63) is 30.1 Å². The quantitative estimate of drug-likeness (QED) is 0.564. The highest BCUT2D eigenvalue weighted by Gasteiger charge is 2.26. The summed E-state index contributed by atoms with van der Waals surface area (Å²) >= 11 is 0. The van der Waals surface area contributed by atoms with Gasteiger partial charge in [-0.3, -0.25) is 9.59 Å². The molecule has 1 saturated heterocycles. The number of carbonyl (C=O) groups is 2. The van der Waals surface area contributed by atoms with Crippen LogP contribution in [0.1, 0.15) is 26.2 Å². The second-order valence-corrected chi connectivity index (χ2v) is 6.31. The van der Waals surface area contributed by atoms with Gasteiger partial charge in [-0.25, -0.2) is 4.39 Å². The van der Waals surface area contributed by atoms with Crippen molar-refractivity contribution in [2.75, 3.05) is 50.8 Å². The third-order valence-corrected chi connectivity index (χ3v) is 4.35. The molecule has 0 radical (unpaired) electrons. The van der Waals surface area contributed by atoms with Crippen molar-refractivity contribution in [1.82, 2.24) is 10.2 Å². The number of hydrogen-bond acceptors (Lipinski definition) is 4. The average molecular weight is 365 g/mol. The van der Waals surface area contributed by atoms with Gasteiger partial charge in [-0.05, 0) is 25.0 Å². The molecule has 1 aromatic carbocycles. The number of piperazine rings is 1. The molecule has 0 atom stereocenters. The normalized spacial score (nSPS) is 14.4. The lowest BCUT2D eigenvalue weighted by Gasteiger charge is -2.35. The second kappa shape index (κ2) is 10.8. The molecule has 1 aliphatic heterocycles. The molecule has 6 nitrogen and oxygen atoms in total. The summed E-state index contributed by atoms with van der Waals surface area (Å²) in [5.74, 6) is -1.38. The molecule has 2 amide bonds. The fourth-order valence-electron chi connectivity index (χ4n) is 2.80. The molecule has 1 fully saturated rings. The van der Waals surface area contributed by atoms with Crippen LogP contribution in [0, 0.1) is 5.82 Å². The summed E-state index contributed by atoms with van der Waals surface area (Å²) in [4.78, 5) is 27.6. The van der Waals surface area contributed by atoms with Crippen LogP contribution in [0.15, 0.2) is 24.3 Å². The highest BCUT2D eigenvalue weighted by molar-refractivity contribution is 6.35. The van der Waals surface area contributed by atoms with Crippen molar-refractivity contribution in [1.29, 1.82) is 0 Å². The zero-order chi connectivity index (χ0) is 18.8. The first-order chi connectivity index (χ1) is 12.6. The summed E-state index contributed by atoms with van der Waals surface area (Å²) < 4.78 is 19.2. The summed E-state index contributed by atoms with van der Waals surface area (Å²) in [5, 5.41) is 2.64. The van der Waals surface area contributed by atoms with Gasteiger partial charge in [0, 0.05) is 45.9 Å². The lowest BCUT2D eigenvalue weighted by atomic mass is 10.2. The number of para-hydroxylation sites is 1. The van der Waals surface area contributed by atoms with Crippen molar-refractivity contribution < 1.29 is 18.7 Å². The fourth-order valence-corrected chi connectivity index (χ4v) is 2.80. The maximum absolute atomic E-state index is 13.8. The maximum Gasteiger partial charge on any atom is 0.312 e. The number of amides is 2. The lowest BCUT2D eigenvalue weighted by molar-refractivity contribution is -0.146. The van der Waals surface area contributed by atoms with Crippen LogP contribution >= 0.6 is 0 Å². The molecule has 1 aliphatic rings. The Morgan fingerprint density at radius 3 is 2.50 bits per heavy atom. The molecule has 0 aliphatic carbocycles. The number of halogens is 1. The van der Waals surface area contributed by atoms with Gasteiger partial charge in [0.15, 0.2) is 0 Å². The Labute approximate surface area is 154 Å². The molecule has 1 N–H and O–H groups in total. The first-order valence-electron chi connectivity index (χ1n) is 9.27. The van der Waals surface area contributed by atoms with Gasteiger partial charge >= 0.3 is 11.8 Å². The zero-order valence-electron chi connectivity index (χ0n) is 15.4.